The van der Waals surface area contributed by atoms with Crippen LogP contribution in [0.4, 0.5) is 0 Å². The van der Waals surface area contributed by atoms with Gasteiger partial charge in [-0.05, 0) is 68.6 Å². The molecule has 0 aromatic carbocycles. The number of pyridine rings is 1. The van der Waals surface area contributed by atoms with E-state index in [0.717, 1.165) is 14.8 Å². The van der Waals surface area contributed by atoms with Crippen molar-refractivity contribution < 1.29 is 0 Å². The highest BCUT2D eigenvalue weighted by Crippen LogP contribution is 2.38. The zero-order chi connectivity index (χ0) is 13.1. The first kappa shape index (κ1) is 14.2. The van der Waals surface area contributed by atoms with E-state index >= 15 is 0 Å². The van der Waals surface area contributed by atoms with Crippen molar-refractivity contribution in [1.29, 1.82) is 0 Å². The van der Waals surface area contributed by atoms with E-state index in [9.17, 15) is 0 Å². The minimum Gasteiger partial charge on any atom is -0.306 e. The number of halogens is 2. The average molecular weight is 390 g/mol. The summed E-state index contributed by atoms with van der Waals surface area (Å²) >= 11 is 8.85. The molecule has 18 heavy (non-hydrogen) atoms. The van der Waals surface area contributed by atoms with Gasteiger partial charge in [-0.25, -0.2) is 0 Å². The van der Waals surface area contributed by atoms with Crippen LogP contribution in [0.5, 0.6) is 0 Å². The third kappa shape index (κ3) is 3.02. The fourth-order valence-electron chi connectivity index (χ4n) is 1.85. The second-order valence-corrected chi connectivity index (χ2v) is 7.25. The lowest BCUT2D eigenvalue weighted by molar-refractivity contribution is 0.634. The SMILES string of the molecule is CCNC(c1cc(Br)c(Br)s1)c1cnccc1C. The second-order valence-electron chi connectivity index (χ2n) is 3.99. The third-order valence-electron chi connectivity index (χ3n) is 2.75. The number of aromatic nitrogens is 1. The number of nitrogens with one attached hydrogen (secondary N) is 1. The van der Waals surface area contributed by atoms with Crippen molar-refractivity contribution >= 4 is 43.2 Å². The summed E-state index contributed by atoms with van der Waals surface area (Å²) in [5.41, 5.74) is 2.50. The molecule has 2 nitrogen and oxygen atoms in total. The summed E-state index contributed by atoms with van der Waals surface area (Å²) in [4.78, 5) is 5.53. The van der Waals surface area contributed by atoms with Gasteiger partial charge in [0.1, 0.15) is 0 Å². The van der Waals surface area contributed by atoms with E-state index in [0.29, 0.717) is 0 Å². The van der Waals surface area contributed by atoms with Crippen LogP contribution in [-0.2, 0) is 0 Å². The van der Waals surface area contributed by atoms with Crippen molar-refractivity contribution in [2.24, 2.45) is 0 Å². The van der Waals surface area contributed by atoms with Crippen LogP contribution in [0.3, 0.4) is 0 Å². The van der Waals surface area contributed by atoms with Crippen LogP contribution in [0.25, 0.3) is 0 Å². The summed E-state index contributed by atoms with van der Waals surface area (Å²) < 4.78 is 2.23. The highest BCUT2D eigenvalue weighted by atomic mass is 79.9. The molecule has 0 amide bonds. The van der Waals surface area contributed by atoms with Crippen molar-refractivity contribution in [1.82, 2.24) is 10.3 Å². The first-order chi connectivity index (χ1) is 8.63. The minimum atomic E-state index is 0.205. The highest BCUT2D eigenvalue weighted by molar-refractivity contribution is 9.13. The van der Waals surface area contributed by atoms with Gasteiger partial charge in [0, 0.05) is 21.7 Å². The van der Waals surface area contributed by atoms with Crippen molar-refractivity contribution in [2.75, 3.05) is 6.54 Å². The van der Waals surface area contributed by atoms with Gasteiger partial charge in [0.15, 0.2) is 0 Å². The lowest BCUT2D eigenvalue weighted by Gasteiger charge is -2.18. The number of thiophene rings is 1. The van der Waals surface area contributed by atoms with Gasteiger partial charge < -0.3 is 5.32 Å². The van der Waals surface area contributed by atoms with Crippen LogP contribution in [0, 0.1) is 6.92 Å². The molecule has 1 atom stereocenters. The molecule has 1 N–H and O–H groups in total. The Balaban J connectivity index is 2.43. The second kappa shape index (κ2) is 6.28. The molecule has 0 radical (unpaired) electrons. The van der Waals surface area contributed by atoms with E-state index in [2.05, 4.69) is 68.1 Å². The van der Waals surface area contributed by atoms with Crippen LogP contribution in [0.15, 0.2) is 32.8 Å². The average Bonchev–Trinajstić information content (AvgIpc) is 2.68. The van der Waals surface area contributed by atoms with E-state index in [-0.39, 0.29) is 6.04 Å². The molecule has 0 aliphatic heterocycles. The molecule has 0 saturated carbocycles. The van der Waals surface area contributed by atoms with E-state index < -0.39 is 0 Å². The maximum atomic E-state index is 4.24. The van der Waals surface area contributed by atoms with Crippen molar-refractivity contribution in [3.05, 3.63) is 48.8 Å². The first-order valence-electron chi connectivity index (χ1n) is 5.72. The molecular weight excluding hydrogens is 376 g/mol. The van der Waals surface area contributed by atoms with Gasteiger partial charge in [-0.1, -0.05) is 6.92 Å². The molecule has 0 aliphatic rings. The Hall–Kier alpha value is -0.230. The molecular formula is C13H14Br2N2S. The zero-order valence-corrected chi connectivity index (χ0v) is 14.2. The smallest absolute Gasteiger partial charge is 0.0843 e. The van der Waals surface area contributed by atoms with Crippen LogP contribution in [0.2, 0.25) is 0 Å². The van der Waals surface area contributed by atoms with Gasteiger partial charge >= 0.3 is 0 Å². The Morgan fingerprint density at radius 2 is 2.22 bits per heavy atom. The summed E-state index contributed by atoms with van der Waals surface area (Å²) in [6.45, 7) is 5.17. The quantitative estimate of drug-likeness (QED) is 0.821. The number of rotatable bonds is 4. The molecule has 0 saturated heterocycles. The Bertz CT molecular complexity index is 520. The van der Waals surface area contributed by atoms with Gasteiger partial charge in [0.05, 0.1) is 9.83 Å². The number of hydrogen-bond donors (Lipinski definition) is 1. The Morgan fingerprint density at radius 1 is 1.44 bits per heavy atom. The largest absolute Gasteiger partial charge is 0.306 e. The topological polar surface area (TPSA) is 24.9 Å². The lowest BCUT2D eigenvalue weighted by atomic mass is 10.0. The monoisotopic (exact) mass is 388 g/mol. The molecule has 2 rings (SSSR count). The number of hydrogen-bond acceptors (Lipinski definition) is 3. The molecule has 0 spiro atoms. The van der Waals surface area contributed by atoms with Crippen molar-refractivity contribution in [2.45, 2.75) is 19.9 Å². The summed E-state index contributed by atoms with van der Waals surface area (Å²) in [6.07, 6.45) is 3.78. The van der Waals surface area contributed by atoms with Crippen molar-refractivity contribution in [3.8, 4) is 0 Å². The normalized spacial score (nSPS) is 12.7. The number of aryl methyl sites for hydroxylation is 1. The van der Waals surface area contributed by atoms with E-state index in [1.165, 1.54) is 16.0 Å². The van der Waals surface area contributed by atoms with Crippen LogP contribution in [0.1, 0.15) is 29.0 Å². The summed E-state index contributed by atoms with van der Waals surface area (Å²) in [5, 5.41) is 3.53. The van der Waals surface area contributed by atoms with Crippen LogP contribution in [-0.4, -0.2) is 11.5 Å². The van der Waals surface area contributed by atoms with Crippen LogP contribution < -0.4 is 5.32 Å². The Labute approximate surface area is 128 Å². The fourth-order valence-corrected chi connectivity index (χ4v) is 4.04. The maximum absolute atomic E-state index is 4.24. The molecule has 5 heteroatoms. The molecule has 1 unspecified atom stereocenters. The van der Waals surface area contributed by atoms with Crippen LogP contribution >= 0.6 is 43.2 Å². The first-order valence-corrected chi connectivity index (χ1v) is 8.12. The van der Waals surface area contributed by atoms with E-state index in [1.54, 1.807) is 11.3 Å². The molecule has 0 fully saturated rings. The molecule has 0 aliphatic carbocycles. The van der Waals surface area contributed by atoms with Gasteiger partial charge in [-0.3, -0.25) is 4.98 Å². The molecule has 2 heterocycles. The Morgan fingerprint density at radius 3 is 2.78 bits per heavy atom. The summed E-state index contributed by atoms with van der Waals surface area (Å²) in [5.74, 6) is 0. The predicted molar refractivity (Wildman–Crippen MR) is 84.2 cm³/mol. The van der Waals surface area contributed by atoms with Gasteiger partial charge in [-0.2, -0.15) is 0 Å². The van der Waals surface area contributed by atoms with Gasteiger partial charge in [0.2, 0.25) is 0 Å². The standard InChI is InChI=1S/C13H14Br2N2S/c1-3-17-12(9-7-16-5-4-8(9)2)11-6-10(14)13(15)18-11/h4-7,12,17H,3H2,1-2H3. The molecule has 96 valence electrons. The van der Waals surface area contributed by atoms with E-state index in [1.807, 2.05) is 12.4 Å². The Kier molecular flexibility index (Phi) is 4.95. The zero-order valence-electron chi connectivity index (χ0n) is 10.2. The molecule has 0 bridgehead atoms. The molecule has 2 aromatic rings. The van der Waals surface area contributed by atoms with Gasteiger partial charge in [-0.15, -0.1) is 11.3 Å². The predicted octanol–water partition coefficient (Wildman–Crippen LogP) is 4.68. The molecule has 2 aromatic heterocycles. The van der Waals surface area contributed by atoms with Gasteiger partial charge in [0.25, 0.3) is 0 Å². The summed E-state index contributed by atoms with van der Waals surface area (Å²) in [6, 6.07) is 4.42. The highest BCUT2D eigenvalue weighted by Gasteiger charge is 2.18. The van der Waals surface area contributed by atoms with E-state index in [4.69, 9.17) is 0 Å². The van der Waals surface area contributed by atoms with Crippen molar-refractivity contribution in [3.63, 3.8) is 0 Å². The number of nitrogens with zero attached hydrogens (tertiary/aromatic N) is 1. The maximum Gasteiger partial charge on any atom is 0.0843 e. The fraction of sp³-hybridized carbons (Fsp3) is 0.308. The minimum absolute atomic E-state index is 0.205. The lowest BCUT2D eigenvalue weighted by Crippen LogP contribution is -2.22. The third-order valence-corrected chi connectivity index (χ3v) is 6.07. The summed E-state index contributed by atoms with van der Waals surface area (Å²) in [7, 11) is 0.